The molecule has 3 saturated carbocycles. The minimum absolute atomic E-state index is 0.890. The molecule has 5 atom stereocenters. The van der Waals surface area contributed by atoms with Crippen LogP contribution in [0.15, 0.2) is 0 Å². The maximum Gasteiger partial charge on any atom is 0.0491 e. The van der Waals surface area contributed by atoms with Crippen LogP contribution in [0, 0.1) is 17.8 Å². The van der Waals surface area contributed by atoms with Gasteiger partial charge in [-0.3, -0.25) is 0 Å². The summed E-state index contributed by atoms with van der Waals surface area (Å²) in [5, 5.41) is 0. The zero-order valence-electron chi connectivity index (χ0n) is 19.7. The van der Waals surface area contributed by atoms with E-state index in [0.717, 1.165) is 29.6 Å². The lowest BCUT2D eigenvalue weighted by Crippen LogP contribution is -2.18. The summed E-state index contributed by atoms with van der Waals surface area (Å²) in [6, 6.07) is 0. The molecule has 2 bridgehead atoms. The molecule has 0 aliphatic heterocycles. The van der Waals surface area contributed by atoms with Crippen LogP contribution >= 0.6 is 22.7 Å². The first-order valence-electron chi connectivity index (χ1n) is 13.9. The normalized spacial score (nSPS) is 34.3. The van der Waals surface area contributed by atoms with Gasteiger partial charge in [-0.05, 0) is 79.2 Å². The third-order valence-electron chi connectivity index (χ3n) is 9.68. The van der Waals surface area contributed by atoms with Gasteiger partial charge in [-0.2, -0.15) is 0 Å². The molecule has 0 radical (unpaired) electrons. The van der Waals surface area contributed by atoms with Gasteiger partial charge in [0.2, 0.25) is 0 Å². The molecule has 170 valence electrons. The van der Waals surface area contributed by atoms with Crippen LogP contribution < -0.4 is 0 Å². The van der Waals surface area contributed by atoms with E-state index >= 15 is 0 Å². The highest BCUT2D eigenvalue weighted by Gasteiger charge is 2.39. The van der Waals surface area contributed by atoms with Gasteiger partial charge >= 0.3 is 0 Å². The Morgan fingerprint density at radius 2 is 1.45 bits per heavy atom. The van der Waals surface area contributed by atoms with Crippen LogP contribution in [0.4, 0.5) is 0 Å². The first-order chi connectivity index (χ1) is 15.3. The molecule has 2 heteroatoms. The third kappa shape index (κ3) is 3.86. The predicted molar refractivity (Wildman–Crippen MR) is 138 cm³/mol. The Labute approximate surface area is 198 Å². The Hall–Kier alpha value is -0.340. The van der Waals surface area contributed by atoms with Crippen molar-refractivity contribution in [3.8, 4) is 0 Å². The van der Waals surface area contributed by atoms with Crippen LogP contribution in [0.2, 0.25) is 0 Å². The molecule has 6 rings (SSSR count). The standard InChI is InChI=1S/C29H42S2/c1-2-22-27(24-15-9-8-12-20-14-10-16-23(20)24)31-29-25-18-19-11-6-4-3-5-7-13-21(17-19)26(25)30-28(22)29/h19-21,23-24H,2-18H2,1H3/t19?,20?,21?,23-,24?/m0/s1. The van der Waals surface area contributed by atoms with Crippen LogP contribution in [0.3, 0.4) is 0 Å². The second-order valence-electron chi connectivity index (χ2n) is 11.5. The van der Waals surface area contributed by atoms with E-state index in [1.165, 1.54) is 109 Å². The molecule has 0 saturated heterocycles. The van der Waals surface area contributed by atoms with Gasteiger partial charge in [0, 0.05) is 19.2 Å². The van der Waals surface area contributed by atoms with E-state index in [1.54, 1.807) is 15.0 Å². The van der Waals surface area contributed by atoms with Gasteiger partial charge in [-0.1, -0.05) is 77.6 Å². The van der Waals surface area contributed by atoms with Crippen molar-refractivity contribution in [3.05, 3.63) is 20.9 Å². The molecule has 0 spiro atoms. The van der Waals surface area contributed by atoms with Crippen molar-refractivity contribution in [1.29, 1.82) is 0 Å². The Bertz CT molecular complexity index is 902. The van der Waals surface area contributed by atoms with Crippen LogP contribution in [0.1, 0.15) is 136 Å². The fourth-order valence-corrected chi connectivity index (χ4v) is 11.6. The lowest BCUT2D eigenvalue weighted by atomic mass is 9.76. The highest BCUT2D eigenvalue weighted by molar-refractivity contribution is 7.28. The highest BCUT2D eigenvalue weighted by atomic mass is 32.1. The van der Waals surface area contributed by atoms with E-state index < -0.39 is 0 Å². The largest absolute Gasteiger partial charge is 0.138 e. The van der Waals surface area contributed by atoms with E-state index in [9.17, 15) is 0 Å². The number of fused-ring (bicyclic) bond motifs is 7. The summed E-state index contributed by atoms with van der Waals surface area (Å²) >= 11 is 4.58. The second kappa shape index (κ2) is 9.13. The number of thiophene rings is 2. The quantitative estimate of drug-likeness (QED) is 0.423. The van der Waals surface area contributed by atoms with Crippen LogP contribution in [-0.2, 0) is 12.8 Å². The van der Waals surface area contributed by atoms with Gasteiger partial charge in [-0.25, -0.2) is 0 Å². The summed E-state index contributed by atoms with van der Waals surface area (Å²) < 4.78 is 3.53. The van der Waals surface area contributed by atoms with E-state index in [2.05, 4.69) is 29.6 Å². The fourth-order valence-electron chi connectivity index (χ4n) is 8.18. The molecule has 4 aliphatic rings. The summed E-state index contributed by atoms with van der Waals surface area (Å²) in [5.74, 6) is 4.81. The van der Waals surface area contributed by atoms with Crippen LogP contribution in [0.25, 0.3) is 9.40 Å². The Morgan fingerprint density at radius 1 is 0.710 bits per heavy atom. The molecule has 4 aliphatic carbocycles. The molecule has 0 N–H and O–H groups in total. The molecule has 0 nitrogen and oxygen atoms in total. The number of hydrogen-bond acceptors (Lipinski definition) is 2. The summed E-state index contributed by atoms with van der Waals surface area (Å²) in [6.45, 7) is 2.45. The second-order valence-corrected chi connectivity index (χ2v) is 13.6. The minimum atomic E-state index is 0.890. The van der Waals surface area contributed by atoms with Crippen molar-refractivity contribution >= 4 is 32.1 Å². The number of hydrogen-bond donors (Lipinski definition) is 0. The first-order valence-corrected chi connectivity index (χ1v) is 15.5. The van der Waals surface area contributed by atoms with Crippen molar-refractivity contribution in [3.63, 3.8) is 0 Å². The van der Waals surface area contributed by atoms with Crippen molar-refractivity contribution < 1.29 is 0 Å². The van der Waals surface area contributed by atoms with Crippen molar-refractivity contribution in [2.45, 2.75) is 128 Å². The van der Waals surface area contributed by atoms with Crippen molar-refractivity contribution in [2.24, 2.45) is 17.8 Å². The van der Waals surface area contributed by atoms with Crippen molar-refractivity contribution in [1.82, 2.24) is 0 Å². The smallest absolute Gasteiger partial charge is 0.0491 e. The van der Waals surface area contributed by atoms with Gasteiger partial charge in [0.05, 0.1) is 0 Å². The van der Waals surface area contributed by atoms with E-state index in [0.29, 0.717) is 0 Å². The molecule has 2 aromatic rings. The van der Waals surface area contributed by atoms with E-state index in [4.69, 9.17) is 0 Å². The third-order valence-corrected chi connectivity index (χ3v) is 12.7. The maximum absolute atomic E-state index is 2.45. The Balaban J connectivity index is 1.40. The molecule has 31 heavy (non-hydrogen) atoms. The number of rotatable bonds is 2. The average molecular weight is 455 g/mol. The lowest BCUT2D eigenvalue weighted by Gasteiger charge is -2.30. The van der Waals surface area contributed by atoms with E-state index in [-0.39, 0.29) is 0 Å². The first kappa shape index (κ1) is 21.2. The maximum atomic E-state index is 2.45. The van der Waals surface area contributed by atoms with Gasteiger partial charge in [0.25, 0.3) is 0 Å². The van der Waals surface area contributed by atoms with Gasteiger partial charge < -0.3 is 0 Å². The average Bonchev–Trinajstić information content (AvgIpc) is 3.44. The topological polar surface area (TPSA) is 0 Å². The number of aryl methyl sites for hydroxylation is 1. The monoisotopic (exact) mass is 454 g/mol. The SMILES string of the molecule is CCc1c(C2CCCCC3CCC[C@@H]32)sc2c3c(sc12)C1CCCCCCCC(C3)C1. The van der Waals surface area contributed by atoms with Gasteiger partial charge in [0.1, 0.15) is 0 Å². The van der Waals surface area contributed by atoms with Crippen LogP contribution in [0.5, 0.6) is 0 Å². The summed E-state index contributed by atoms with van der Waals surface area (Å²) in [4.78, 5) is 3.71. The van der Waals surface area contributed by atoms with Crippen LogP contribution in [-0.4, -0.2) is 0 Å². The zero-order chi connectivity index (χ0) is 20.8. The molecule has 0 amide bonds. The summed E-state index contributed by atoms with van der Waals surface area (Å²) in [6.07, 6.45) is 25.1. The van der Waals surface area contributed by atoms with Gasteiger partial charge in [-0.15, -0.1) is 22.7 Å². The molecule has 0 aromatic carbocycles. The Morgan fingerprint density at radius 3 is 2.35 bits per heavy atom. The van der Waals surface area contributed by atoms with Crippen molar-refractivity contribution in [2.75, 3.05) is 0 Å². The fraction of sp³-hybridized carbons (Fsp3) is 0.793. The zero-order valence-corrected chi connectivity index (χ0v) is 21.4. The lowest BCUT2D eigenvalue weighted by molar-refractivity contribution is 0.330. The summed E-state index contributed by atoms with van der Waals surface area (Å²) in [7, 11) is 0. The molecular weight excluding hydrogens is 412 g/mol. The highest BCUT2D eigenvalue weighted by Crippen LogP contribution is 2.56. The Kier molecular flexibility index (Phi) is 6.25. The minimum Gasteiger partial charge on any atom is -0.138 e. The molecule has 2 aromatic heterocycles. The molecule has 2 heterocycles. The van der Waals surface area contributed by atoms with Gasteiger partial charge in [0.15, 0.2) is 0 Å². The summed E-state index contributed by atoms with van der Waals surface area (Å²) in [5.41, 5.74) is 3.65. The molecule has 3 fully saturated rings. The van der Waals surface area contributed by atoms with E-state index in [1.807, 2.05) is 15.3 Å². The molecule has 4 unspecified atom stereocenters. The molecular formula is C29H42S2. The predicted octanol–water partition coefficient (Wildman–Crippen LogP) is 9.99.